The molecule has 104 valence electrons. The van der Waals surface area contributed by atoms with E-state index in [1.54, 1.807) is 31.2 Å². The molecule has 0 radical (unpaired) electrons. The second-order valence-electron chi connectivity index (χ2n) is 4.34. The summed E-state index contributed by atoms with van der Waals surface area (Å²) in [6.45, 7) is 1.78. The molecule has 2 N–H and O–H groups in total. The van der Waals surface area contributed by atoms with E-state index in [-0.39, 0.29) is 5.91 Å². The number of halogens is 2. The van der Waals surface area contributed by atoms with Gasteiger partial charge in [-0.1, -0.05) is 35.3 Å². The van der Waals surface area contributed by atoms with E-state index in [2.05, 4.69) is 10.6 Å². The van der Waals surface area contributed by atoms with Crippen molar-refractivity contribution in [3.05, 3.63) is 58.6 Å². The predicted octanol–water partition coefficient (Wildman–Crippen LogP) is 4.43. The first-order valence-corrected chi connectivity index (χ1v) is 6.89. The number of benzene rings is 2. The van der Waals surface area contributed by atoms with Crippen LogP contribution in [-0.4, -0.2) is 11.9 Å². The average molecular weight is 309 g/mol. The standard InChI is InChI=1S/C15H14Cl2N2O/c1-10(18-12-8-6-11(16)7-9-12)15(20)19-14-5-3-2-4-13(14)17/h2-10,18H,1H3,(H,19,20). The number of nitrogens with one attached hydrogen (secondary N) is 2. The summed E-state index contributed by atoms with van der Waals surface area (Å²) >= 11 is 11.8. The normalized spacial score (nSPS) is 11.8. The van der Waals surface area contributed by atoms with E-state index < -0.39 is 6.04 Å². The summed E-state index contributed by atoms with van der Waals surface area (Å²) in [6.07, 6.45) is 0. The molecule has 2 aromatic carbocycles. The zero-order chi connectivity index (χ0) is 14.5. The molecule has 0 fully saturated rings. The number of hydrogen-bond acceptors (Lipinski definition) is 2. The van der Waals surface area contributed by atoms with E-state index in [9.17, 15) is 4.79 Å². The van der Waals surface area contributed by atoms with Gasteiger partial charge in [-0.15, -0.1) is 0 Å². The van der Waals surface area contributed by atoms with Crippen LogP contribution in [0.2, 0.25) is 10.0 Å². The van der Waals surface area contributed by atoms with Crippen LogP contribution in [-0.2, 0) is 4.79 Å². The van der Waals surface area contributed by atoms with Crippen molar-refractivity contribution in [1.82, 2.24) is 0 Å². The van der Waals surface area contributed by atoms with Crippen LogP contribution in [0.3, 0.4) is 0 Å². The smallest absolute Gasteiger partial charge is 0.246 e. The van der Waals surface area contributed by atoms with Crippen molar-refractivity contribution in [2.24, 2.45) is 0 Å². The van der Waals surface area contributed by atoms with Gasteiger partial charge >= 0.3 is 0 Å². The summed E-state index contributed by atoms with van der Waals surface area (Å²) in [4.78, 5) is 12.1. The van der Waals surface area contributed by atoms with Crippen molar-refractivity contribution in [2.75, 3.05) is 10.6 Å². The Morgan fingerprint density at radius 3 is 2.35 bits per heavy atom. The molecule has 0 saturated carbocycles. The van der Waals surface area contributed by atoms with Gasteiger partial charge in [-0.2, -0.15) is 0 Å². The first-order valence-electron chi connectivity index (χ1n) is 6.14. The molecule has 2 aromatic rings. The largest absolute Gasteiger partial charge is 0.374 e. The molecular weight excluding hydrogens is 295 g/mol. The quantitative estimate of drug-likeness (QED) is 0.877. The van der Waals surface area contributed by atoms with Gasteiger partial charge in [0.1, 0.15) is 6.04 Å². The van der Waals surface area contributed by atoms with Crippen LogP contribution in [0, 0.1) is 0 Å². The molecule has 0 aliphatic carbocycles. The lowest BCUT2D eigenvalue weighted by molar-refractivity contribution is -0.116. The van der Waals surface area contributed by atoms with E-state index in [4.69, 9.17) is 23.2 Å². The highest BCUT2D eigenvalue weighted by Crippen LogP contribution is 2.21. The molecule has 0 aromatic heterocycles. The van der Waals surface area contributed by atoms with Gasteiger partial charge < -0.3 is 10.6 Å². The van der Waals surface area contributed by atoms with Crippen molar-refractivity contribution in [3.63, 3.8) is 0 Å². The molecule has 0 spiro atoms. The molecule has 0 heterocycles. The van der Waals surface area contributed by atoms with Crippen LogP contribution < -0.4 is 10.6 Å². The van der Waals surface area contributed by atoms with Crippen LogP contribution in [0.5, 0.6) is 0 Å². The summed E-state index contributed by atoms with van der Waals surface area (Å²) in [7, 11) is 0. The Hall–Kier alpha value is -1.71. The first kappa shape index (κ1) is 14.7. The Balaban J connectivity index is 1.99. The van der Waals surface area contributed by atoms with E-state index in [1.807, 2.05) is 24.3 Å². The molecule has 0 bridgehead atoms. The van der Waals surface area contributed by atoms with Crippen molar-refractivity contribution in [1.29, 1.82) is 0 Å². The highest BCUT2D eigenvalue weighted by atomic mass is 35.5. The summed E-state index contributed by atoms with van der Waals surface area (Å²) < 4.78 is 0. The van der Waals surface area contributed by atoms with Gasteiger partial charge in [0.05, 0.1) is 10.7 Å². The number of carbonyl (C=O) groups excluding carboxylic acids is 1. The van der Waals surface area contributed by atoms with Gasteiger partial charge in [0.2, 0.25) is 5.91 Å². The maximum absolute atomic E-state index is 12.1. The third-order valence-corrected chi connectivity index (χ3v) is 3.33. The Morgan fingerprint density at radius 2 is 1.70 bits per heavy atom. The summed E-state index contributed by atoms with van der Waals surface area (Å²) in [5, 5.41) is 7.05. The van der Waals surface area contributed by atoms with Gasteiger partial charge in [-0.25, -0.2) is 0 Å². The Labute approximate surface area is 127 Å². The molecule has 0 aliphatic rings. The summed E-state index contributed by atoms with van der Waals surface area (Å²) in [5.74, 6) is -0.159. The Kier molecular flexibility index (Phi) is 4.88. The Bertz CT molecular complexity index is 599. The number of para-hydroxylation sites is 1. The van der Waals surface area contributed by atoms with E-state index in [0.29, 0.717) is 15.7 Å². The monoisotopic (exact) mass is 308 g/mol. The zero-order valence-corrected chi connectivity index (χ0v) is 12.4. The van der Waals surface area contributed by atoms with Crippen molar-refractivity contribution >= 4 is 40.5 Å². The second-order valence-corrected chi connectivity index (χ2v) is 5.19. The summed E-state index contributed by atoms with van der Waals surface area (Å²) in [5.41, 5.74) is 1.43. The van der Waals surface area contributed by atoms with E-state index in [0.717, 1.165) is 5.69 Å². The minimum absolute atomic E-state index is 0.159. The van der Waals surface area contributed by atoms with Crippen LogP contribution >= 0.6 is 23.2 Å². The zero-order valence-electron chi connectivity index (χ0n) is 10.9. The van der Waals surface area contributed by atoms with Gasteiger partial charge in [0.15, 0.2) is 0 Å². The molecule has 3 nitrogen and oxygen atoms in total. The first-order chi connectivity index (χ1) is 9.56. The topological polar surface area (TPSA) is 41.1 Å². The molecule has 20 heavy (non-hydrogen) atoms. The lowest BCUT2D eigenvalue weighted by Gasteiger charge is -2.15. The van der Waals surface area contributed by atoms with Gasteiger partial charge in [-0.05, 0) is 43.3 Å². The maximum Gasteiger partial charge on any atom is 0.246 e. The van der Waals surface area contributed by atoms with Crippen LogP contribution in [0.4, 0.5) is 11.4 Å². The minimum Gasteiger partial charge on any atom is -0.374 e. The lowest BCUT2D eigenvalue weighted by Crippen LogP contribution is -2.31. The number of anilines is 2. The fraction of sp³-hybridized carbons (Fsp3) is 0.133. The number of rotatable bonds is 4. The predicted molar refractivity (Wildman–Crippen MR) is 84.6 cm³/mol. The number of amides is 1. The van der Waals surface area contributed by atoms with E-state index >= 15 is 0 Å². The van der Waals surface area contributed by atoms with Crippen molar-refractivity contribution < 1.29 is 4.79 Å². The van der Waals surface area contributed by atoms with Crippen molar-refractivity contribution in [3.8, 4) is 0 Å². The highest BCUT2D eigenvalue weighted by Gasteiger charge is 2.13. The minimum atomic E-state index is -0.396. The molecule has 5 heteroatoms. The lowest BCUT2D eigenvalue weighted by atomic mass is 10.2. The molecule has 2 rings (SSSR count). The van der Waals surface area contributed by atoms with Gasteiger partial charge in [0.25, 0.3) is 0 Å². The molecule has 0 aliphatic heterocycles. The third kappa shape index (κ3) is 3.89. The van der Waals surface area contributed by atoms with Crippen molar-refractivity contribution in [2.45, 2.75) is 13.0 Å². The average Bonchev–Trinajstić information content (AvgIpc) is 2.44. The summed E-state index contributed by atoms with van der Waals surface area (Å²) in [6, 6.07) is 13.9. The van der Waals surface area contributed by atoms with Crippen LogP contribution in [0.25, 0.3) is 0 Å². The fourth-order valence-corrected chi connectivity index (χ4v) is 1.97. The molecular formula is C15H14Cl2N2O. The van der Waals surface area contributed by atoms with Gasteiger partial charge in [-0.3, -0.25) is 4.79 Å². The van der Waals surface area contributed by atoms with E-state index in [1.165, 1.54) is 0 Å². The molecule has 1 unspecified atom stereocenters. The highest BCUT2D eigenvalue weighted by molar-refractivity contribution is 6.33. The Morgan fingerprint density at radius 1 is 1.05 bits per heavy atom. The maximum atomic E-state index is 12.1. The van der Waals surface area contributed by atoms with Gasteiger partial charge in [0, 0.05) is 10.7 Å². The number of carbonyl (C=O) groups is 1. The SMILES string of the molecule is CC(Nc1ccc(Cl)cc1)C(=O)Nc1ccccc1Cl. The molecule has 1 amide bonds. The fourth-order valence-electron chi connectivity index (χ4n) is 1.67. The second kappa shape index (κ2) is 6.64. The molecule has 0 saturated heterocycles. The van der Waals surface area contributed by atoms with Crippen LogP contribution in [0.1, 0.15) is 6.92 Å². The molecule has 1 atom stereocenters. The van der Waals surface area contributed by atoms with Crippen LogP contribution in [0.15, 0.2) is 48.5 Å². The third-order valence-electron chi connectivity index (χ3n) is 2.75. The number of hydrogen-bond donors (Lipinski definition) is 2.